The molecular weight excluding hydrogens is 268 g/mol. The standard InChI is InChI=1S/C16H20N2O3/c1-18(2)11-12-4-6-13(7-5-12)17-10-14-8-9-15(21-14)16(19)20-3/h4-9,17H,10-11H2,1-3H3. The van der Waals surface area contributed by atoms with Crippen molar-refractivity contribution < 1.29 is 13.9 Å². The smallest absolute Gasteiger partial charge is 0.373 e. The lowest BCUT2D eigenvalue weighted by atomic mass is 10.2. The summed E-state index contributed by atoms with van der Waals surface area (Å²) in [6.45, 7) is 1.44. The van der Waals surface area contributed by atoms with Crippen molar-refractivity contribution in [3.8, 4) is 0 Å². The number of hydrogen-bond donors (Lipinski definition) is 1. The fourth-order valence-electron chi connectivity index (χ4n) is 1.97. The molecule has 1 aromatic carbocycles. The minimum atomic E-state index is -0.464. The van der Waals surface area contributed by atoms with Gasteiger partial charge in [-0.15, -0.1) is 0 Å². The molecule has 0 aliphatic carbocycles. The molecule has 0 aliphatic heterocycles. The van der Waals surface area contributed by atoms with Gasteiger partial charge in [0.05, 0.1) is 13.7 Å². The predicted octanol–water partition coefficient (Wildman–Crippen LogP) is 2.74. The van der Waals surface area contributed by atoms with E-state index in [0.717, 1.165) is 12.2 Å². The van der Waals surface area contributed by atoms with Gasteiger partial charge in [0.25, 0.3) is 0 Å². The zero-order valence-electron chi connectivity index (χ0n) is 12.6. The molecule has 0 radical (unpaired) electrons. The molecule has 5 nitrogen and oxygen atoms in total. The maximum atomic E-state index is 11.3. The van der Waals surface area contributed by atoms with Crippen LogP contribution in [0.25, 0.3) is 0 Å². The largest absolute Gasteiger partial charge is 0.463 e. The van der Waals surface area contributed by atoms with Gasteiger partial charge >= 0.3 is 5.97 Å². The first-order valence-corrected chi connectivity index (χ1v) is 6.73. The van der Waals surface area contributed by atoms with E-state index in [1.54, 1.807) is 12.1 Å². The highest BCUT2D eigenvalue weighted by Crippen LogP contribution is 2.14. The molecule has 0 aliphatic rings. The van der Waals surface area contributed by atoms with Crippen molar-refractivity contribution in [2.75, 3.05) is 26.5 Å². The van der Waals surface area contributed by atoms with Crippen molar-refractivity contribution >= 4 is 11.7 Å². The molecule has 0 unspecified atom stereocenters. The second kappa shape index (κ2) is 6.95. The topological polar surface area (TPSA) is 54.7 Å². The van der Waals surface area contributed by atoms with Crippen LogP contribution in [0.15, 0.2) is 40.8 Å². The highest BCUT2D eigenvalue weighted by atomic mass is 16.5. The van der Waals surface area contributed by atoms with Gasteiger partial charge in [-0.25, -0.2) is 4.79 Å². The van der Waals surface area contributed by atoms with Crippen LogP contribution in [0.5, 0.6) is 0 Å². The molecule has 0 spiro atoms. The Kier molecular flexibility index (Phi) is 5.00. The summed E-state index contributed by atoms with van der Waals surface area (Å²) in [5.41, 5.74) is 2.27. The number of carbonyl (C=O) groups is 1. The number of nitrogens with zero attached hydrogens (tertiary/aromatic N) is 1. The first-order chi connectivity index (χ1) is 10.1. The summed E-state index contributed by atoms with van der Waals surface area (Å²) in [5, 5.41) is 3.25. The van der Waals surface area contributed by atoms with E-state index in [1.165, 1.54) is 12.7 Å². The van der Waals surface area contributed by atoms with Crippen LogP contribution in [0.1, 0.15) is 21.9 Å². The Morgan fingerprint density at radius 2 is 1.90 bits per heavy atom. The van der Waals surface area contributed by atoms with E-state index >= 15 is 0 Å². The zero-order valence-corrected chi connectivity index (χ0v) is 12.6. The van der Waals surface area contributed by atoms with Crippen LogP contribution in [-0.2, 0) is 17.8 Å². The minimum absolute atomic E-state index is 0.218. The van der Waals surface area contributed by atoms with Crippen LogP contribution < -0.4 is 5.32 Å². The molecule has 0 saturated carbocycles. The fraction of sp³-hybridized carbons (Fsp3) is 0.312. The van der Waals surface area contributed by atoms with Gasteiger partial charge in [-0.1, -0.05) is 12.1 Å². The van der Waals surface area contributed by atoms with Crippen molar-refractivity contribution in [3.63, 3.8) is 0 Å². The number of rotatable bonds is 6. The molecule has 1 N–H and O–H groups in total. The van der Waals surface area contributed by atoms with E-state index in [4.69, 9.17) is 4.42 Å². The van der Waals surface area contributed by atoms with Gasteiger partial charge in [0, 0.05) is 12.2 Å². The van der Waals surface area contributed by atoms with Crippen molar-refractivity contribution in [1.29, 1.82) is 0 Å². The molecule has 1 heterocycles. The summed E-state index contributed by atoms with van der Waals surface area (Å²) in [6, 6.07) is 11.6. The Hall–Kier alpha value is -2.27. The van der Waals surface area contributed by atoms with E-state index < -0.39 is 5.97 Å². The summed E-state index contributed by atoms with van der Waals surface area (Å²) in [4.78, 5) is 13.4. The first-order valence-electron chi connectivity index (χ1n) is 6.73. The van der Waals surface area contributed by atoms with Crippen LogP contribution in [0.2, 0.25) is 0 Å². The molecule has 0 bridgehead atoms. The lowest BCUT2D eigenvalue weighted by Crippen LogP contribution is -2.10. The number of nitrogens with one attached hydrogen (secondary N) is 1. The quantitative estimate of drug-likeness (QED) is 0.828. The highest BCUT2D eigenvalue weighted by Gasteiger charge is 2.10. The average molecular weight is 288 g/mol. The zero-order chi connectivity index (χ0) is 15.2. The summed E-state index contributed by atoms with van der Waals surface area (Å²) >= 11 is 0. The van der Waals surface area contributed by atoms with Gasteiger partial charge < -0.3 is 19.4 Å². The third kappa shape index (κ3) is 4.36. The lowest BCUT2D eigenvalue weighted by Gasteiger charge is -2.10. The maximum Gasteiger partial charge on any atom is 0.373 e. The van der Waals surface area contributed by atoms with Gasteiger partial charge in [-0.05, 0) is 43.9 Å². The van der Waals surface area contributed by atoms with Crippen LogP contribution in [0.3, 0.4) is 0 Å². The van der Waals surface area contributed by atoms with E-state index in [-0.39, 0.29) is 5.76 Å². The second-order valence-electron chi connectivity index (χ2n) is 5.05. The number of anilines is 1. The lowest BCUT2D eigenvalue weighted by molar-refractivity contribution is 0.0563. The number of benzene rings is 1. The van der Waals surface area contributed by atoms with Crippen LogP contribution in [0.4, 0.5) is 5.69 Å². The van der Waals surface area contributed by atoms with Gasteiger partial charge in [-0.3, -0.25) is 0 Å². The minimum Gasteiger partial charge on any atom is -0.463 e. The number of furan rings is 1. The molecule has 2 rings (SSSR count). The van der Waals surface area contributed by atoms with Crippen LogP contribution in [-0.4, -0.2) is 32.1 Å². The van der Waals surface area contributed by atoms with Gasteiger partial charge in [0.15, 0.2) is 0 Å². The molecular formula is C16H20N2O3. The fourth-order valence-corrected chi connectivity index (χ4v) is 1.97. The normalized spacial score (nSPS) is 10.7. The predicted molar refractivity (Wildman–Crippen MR) is 81.2 cm³/mol. The Balaban J connectivity index is 1.90. The van der Waals surface area contributed by atoms with Crippen molar-refractivity contribution in [2.45, 2.75) is 13.1 Å². The van der Waals surface area contributed by atoms with Crippen molar-refractivity contribution in [1.82, 2.24) is 4.90 Å². The Bertz CT molecular complexity index is 588. The molecule has 5 heteroatoms. The molecule has 0 saturated heterocycles. The number of ether oxygens (including phenoxy) is 1. The Labute approximate surface area is 124 Å². The molecule has 112 valence electrons. The molecule has 0 fully saturated rings. The molecule has 0 amide bonds. The third-order valence-corrected chi connectivity index (χ3v) is 2.97. The van der Waals surface area contributed by atoms with Crippen molar-refractivity contribution in [3.05, 3.63) is 53.5 Å². The Morgan fingerprint density at radius 1 is 1.19 bits per heavy atom. The van der Waals surface area contributed by atoms with Crippen LogP contribution in [0, 0.1) is 0 Å². The first kappa shape index (κ1) is 15.1. The SMILES string of the molecule is COC(=O)c1ccc(CNc2ccc(CN(C)C)cc2)o1. The van der Waals surface area contributed by atoms with E-state index in [1.807, 2.05) is 26.2 Å². The van der Waals surface area contributed by atoms with E-state index in [0.29, 0.717) is 12.3 Å². The summed E-state index contributed by atoms with van der Waals surface area (Å²) < 4.78 is 9.99. The monoisotopic (exact) mass is 288 g/mol. The molecule has 0 atom stereocenters. The average Bonchev–Trinajstić information content (AvgIpc) is 2.94. The maximum absolute atomic E-state index is 11.3. The molecule has 1 aromatic heterocycles. The molecule has 2 aromatic rings. The number of hydrogen-bond acceptors (Lipinski definition) is 5. The van der Waals surface area contributed by atoms with Gasteiger partial charge in [0.2, 0.25) is 5.76 Å². The highest BCUT2D eigenvalue weighted by molar-refractivity contribution is 5.86. The van der Waals surface area contributed by atoms with Crippen LogP contribution >= 0.6 is 0 Å². The summed E-state index contributed by atoms with van der Waals surface area (Å²) in [6.07, 6.45) is 0. The van der Waals surface area contributed by atoms with Gasteiger partial charge in [0.1, 0.15) is 5.76 Å². The number of carbonyl (C=O) groups excluding carboxylic acids is 1. The van der Waals surface area contributed by atoms with E-state index in [9.17, 15) is 4.79 Å². The van der Waals surface area contributed by atoms with Gasteiger partial charge in [-0.2, -0.15) is 0 Å². The van der Waals surface area contributed by atoms with Crippen molar-refractivity contribution in [2.24, 2.45) is 0 Å². The summed E-state index contributed by atoms with van der Waals surface area (Å²) in [5.74, 6) is 0.442. The van der Waals surface area contributed by atoms with E-state index in [2.05, 4.69) is 27.1 Å². The second-order valence-corrected chi connectivity index (χ2v) is 5.05. The number of esters is 1. The number of methoxy groups -OCH3 is 1. The third-order valence-electron chi connectivity index (χ3n) is 2.97. The Morgan fingerprint density at radius 3 is 2.52 bits per heavy atom. The summed E-state index contributed by atoms with van der Waals surface area (Å²) in [7, 11) is 5.42. The molecule has 21 heavy (non-hydrogen) atoms.